The first-order valence-electron chi connectivity index (χ1n) is 27.9. The van der Waals surface area contributed by atoms with E-state index in [1.54, 1.807) is 12.4 Å². The van der Waals surface area contributed by atoms with Crippen molar-refractivity contribution in [3.8, 4) is 5.75 Å². The van der Waals surface area contributed by atoms with Crippen LogP contribution in [-0.2, 0) is 42.9 Å². The molecule has 2 saturated heterocycles. The number of hydrogen-bond donors (Lipinski definition) is 5. The molecule has 0 unspecified atom stereocenters. The number of hydrogen-bond acceptors (Lipinski definition) is 13. The lowest BCUT2D eigenvalue weighted by Crippen LogP contribution is -2.47. The van der Waals surface area contributed by atoms with E-state index in [0.29, 0.717) is 58.3 Å². The largest absolute Gasteiger partial charge is 0.496 e. The van der Waals surface area contributed by atoms with Gasteiger partial charge in [-0.1, -0.05) is 19.1 Å². The fourth-order valence-electron chi connectivity index (χ4n) is 11.5. The van der Waals surface area contributed by atoms with Gasteiger partial charge >= 0.3 is 6.18 Å². The quantitative estimate of drug-likeness (QED) is 0.0468. The number of nitrogens with one attached hydrogen (secondary N) is 5. The van der Waals surface area contributed by atoms with Gasteiger partial charge in [-0.25, -0.2) is 4.39 Å². The van der Waals surface area contributed by atoms with Gasteiger partial charge < -0.3 is 55.2 Å². The number of carbonyl (C=O) groups is 6. The van der Waals surface area contributed by atoms with Crippen molar-refractivity contribution in [2.45, 2.75) is 151 Å². The number of rotatable bonds is 25. The topological polar surface area (TPSA) is 238 Å². The molecule has 23 heteroatoms. The molecule has 436 valence electrons. The van der Waals surface area contributed by atoms with E-state index in [9.17, 15) is 46.3 Å². The van der Waals surface area contributed by atoms with Gasteiger partial charge in [-0.05, 0) is 107 Å². The van der Waals surface area contributed by atoms with Crippen molar-refractivity contribution in [1.82, 2.24) is 36.1 Å². The molecule has 8 rings (SSSR count). The Morgan fingerprint density at radius 2 is 1.50 bits per heavy atom. The Hall–Kier alpha value is -6.30. The van der Waals surface area contributed by atoms with Gasteiger partial charge in [0.25, 0.3) is 11.8 Å². The second-order valence-electron chi connectivity index (χ2n) is 21.6. The van der Waals surface area contributed by atoms with E-state index in [1.165, 1.54) is 38.4 Å². The first-order chi connectivity index (χ1) is 38.4. The molecule has 5 N–H and O–H groups in total. The van der Waals surface area contributed by atoms with Crippen molar-refractivity contribution in [2.75, 3.05) is 58.5 Å². The van der Waals surface area contributed by atoms with Crippen LogP contribution in [0.2, 0.25) is 0 Å². The number of likely N-dealkylation sites (tertiary alicyclic amines) is 1. The molecule has 5 fully saturated rings. The summed E-state index contributed by atoms with van der Waals surface area (Å²) >= 11 is 0. The highest BCUT2D eigenvalue weighted by molar-refractivity contribution is 5.98. The van der Waals surface area contributed by atoms with Gasteiger partial charge in [-0.2, -0.15) is 13.2 Å². The Bertz CT molecular complexity index is 2620. The van der Waals surface area contributed by atoms with Gasteiger partial charge in [-0.3, -0.25) is 38.7 Å². The van der Waals surface area contributed by atoms with E-state index in [2.05, 4.69) is 36.6 Å². The number of aromatic nitrogens is 2. The molecule has 6 amide bonds. The van der Waals surface area contributed by atoms with Gasteiger partial charge in [0.1, 0.15) is 23.4 Å². The van der Waals surface area contributed by atoms with Crippen LogP contribution < -0.4 is 31.3 Å². The molecule has 19 nitrogen and oxygen atoms in total. The van der Waals surface area contributed by atoms with E-state index in [1.807, 2.05) is 17.0 Å². The maximum absolute atomic E-state index is 14.4. The first-order valence-corrected chi connectivity index (χ1v) is 27.9. The minimum Gasteiger partial charge on any atom is -0.496 e. The molecule has 80 heavy (non-hydrogen) atoms. The predicted octanol–water partition coefficient (Wildman–Crippen LogP) is 6.23. The Morgan fingerprint density at radius 1 is 0.812 bits per heavy atom. The van der Waals surface area contributed by atoms with E-state index >= 15 is 0 Å². The summed E-state index contributed by atoms with van der Waals surface area (Å²) in [6.45, 7) is 4.06. The highest BCUT2D eigenvalue weighted by atomic mass is 19.4. The SMILES string of the molecule is COc1cc(F)ccc1[C@H]1[C@H](C(=O)Nc2ccnc(C(=O)NCCOCCNC(=O)C3CCC(NC(=O)CCCOC4CCC(OCCNC(=O)[C@H]5CC(=O)N(C6CC6)[C@@H]5c5cccnc5)CC4)CC3)c2)O[C@@](C)(C(F)(F)F)[C@H]1C. The van der Waals surface area contributed by atoms with Crippen molar-refractivity contribution in [2.24, 2.45) is 17.8 Å². The van der Waals surface area contributed by atoms with Crippen molar-refractivity contribution >= 4 is 41.1 Å². The van der Waals surface area contributed by atoms with Crippen LogP contribution in [0.15, 0.2) is 61.1 Å². The van der Waals surface area contributed by atoms with Crippen molar-refractivity contribution in [3.63, 3.8) is 0 Å². The molecule has 2 aromatic heterocycles. The Morgan fingerprint density at radius 3 is 2.17 bits per heavy atom. The fraction of sp³-hybridized carbons (Fsp3) is 0.614. The Labute approximate surface area is 463 Å². The lowest BCUT2D eigenvalue weighted by molar-refractivity contribution is -0.272. The van der Waals surface area contributed by atoms with Crippen molar-refractivity contribution in [3.05, 3.63) is 83.7 Å². The van der Waals surface area contributed by atoms with E-state index in [4.69, 9.17) is 23.7 Å². The second kappa shape index (κ2) is 27.4. The molecule has 1 aromatic carbocycles. The van der Waals surface area contributed by atoms with Crippen LogP contribution in [0.5, 0.6) is 5.75 Å². The number of nitrogens with zero attached hydrogens (tertiary/aromatic N) is 3. The summed E-state index contributed by atoms with van der Waals surface area (Å²) in [7, 11) is 1.25. The number of carbonyl (C=O) groups excluding carboxylic acids is 6. The molecule has 6 atom stereocenters. The third kappa shape index (κ3) is 15.2. The van der Waals surface area contributed by atoms with Crippen LogP contribution in [-0.4, -0.2) is 146 Å². The van der Waals surface area contributed by atoms with Crippen LogP contribution in [0.25, 0.3) is 0 Å². The number of benzene rings is 1. The molecular formula is C57H74F4N8O11. The summed E-state index contributed by atoms with van der Waals surface area (Å²) in [6, 6.07) is 9.69. The zero-order chi connectivity index (χ0) is 57.0. The summed E-state index contributed by atoms with van der Waals surface area (Å²) in [5, 5.41) is 14.2. The summed E-state index contributed by atoms with van der Waals surface area (Å²) in [5.74, 6) is -5.57. The second-order valence-corrected chi connectivity index (χ2v) is 21.6. The maximum atomic E-state index is 14.4. The van der Waals surface area contributed by atoms with E-state index in [0.717, 1.165) is 63.1 Å². The van der Waals surface area contributed by atoms with Crippen LogP contribution >= 0.6 is 0 Å². The average Bonchev–Trinajstić information content (AvgIpc) is 4.36. The number of anilines is 1. The lowest BCUT2D eigenvalue weighted by atomic mass is 9.77. The molecule has 0 bridgehead atoms. The van der Waals surface area contributed by atoms with Crippen LogP contribution in [0.3, 0.4) is 0 Å². The molecule has 3 aliphatic carbocycles. The van der Waals surface area contributed by atoms with E-state index in [-0.39, 0.29) is 115 Å². The number of methoxy groups -OCH3 is 1. The minimum atomic E-state index is -4.85. The highest BCUT2D eigenvalue weighted by Crippen LogP contribution is 2.55. The van der Waals surface area contributed by atoms with Gasteiger partial charge in [0, 0.05) is 105 Å². The molecular weight excluding hydrogens is 1050 g/mol. The standard InChI is InChI=1S/C57H74F4N8O11/c1-34-49(43-19-10-37(58)30-46(43)76-3)51(80-56(34,2)57(59,60)61)55(75)68-39-20-22-63-45(31-39)54(74)66-24-28-77-27-23-64-52(72)35-8-11-38(12-9-35)67-47(70)7-5-26-78-41-15-17-42(18-16-41)79-29-25-65-53(73)44-32-48(71)69(40-13-14-40)50(44)36-6-4-21-62-33-36/h4,6,10,19-22,30-31,33-35,38,40-42,44,49-51H,5,7-9,11-18,23-29,32H2,1-3H3,(H,64,72)(H,65,73)(H,66,74)(H,67,70)(H,63,68,75)/t34-,35?,38?,41?,42?,44-,49-,50+,51+,56+/m0/s1. The zero-order valence-corrected chi connectivity index (χ0v) is 45.5. The molecule has 2 aliphatic heterocycles. The smallest absolute Gasteiger partial charge is 0.417 e. The Balaban J connectivity index is 0.637. The summed E-state index contributed by atoms with van der Waals surface area (Å²) in [4.78, 5) is 88.6. The maximum Gasteiger partial charge on any atom is 0.417 e. The van der Waals surface area contributed by atoms with Gasteiger partial charge in [0.2, 0.25) is 23.6 Å². The predicted molar refractivity (Wildman–Crippen MR) is 282 cm³/mol. The number of ether oxygens (including phenoxy) is 5. The number of halogens is 4. The summed E-state index contributed by atoms with van der Waals surface area (Å²) in [5.41, 5.74) is -1.68. The average molecular weight is 1120 g/mol. The van der Waals surface area contributed by atoms with Crippen LogP contribution in [0, 0.1) is 23.6 Å². The number of alkyl halides is 3. The van der Waals surface area contributed by atoms with Gasteiger partial charge in [-0.15, -0.1) is 0 Å². The van der Waals surface area contributed by atoms with Crippen LogP contribution in [0.4, 0.5) is 23.2 Å². The third-order valence-electron chi connectivity index (χ3n) is 16.2. The fourth-order valence-corrected chi connectivity index (χ4v) is 11.5. The molecule has 5 aliphatic rings. The number of pyridine rings is 2. The molecule has 3 aromatic rings. The third-order valence-corrected chi connectivity index (χ3v) is 16.2. The van der Waals surface area contributed by atoms with Crippen molar-refractivity contribution in [1.29, 1.82) is 0 Å². The summed E-state index contributed by atoms with van der Waals surface area (Å²) < 4.78 is 85.7. The molecule has 0 spiro atoms. The first kappa shape index (κ1) is 59.8. The molecule has 4 heterocycles. The normalized spacial score (nSPS) is 26.8. The Kier molecular flexibility index (Phi) is 20.5. The molecule has 0 radical (unpaired) electrons. The van der Waals surface area contributed by atoms with Crippen molar-refractivity contribution < 1.29 is 70.0 Å². The summed E-state index contributed by atoms with van der Waals surface area (Å²) in [6.07, 6.45) is 7.51. The van der Waals surface area contributed by atoms with Gasteiger partial charge in [0.15, 0.2) is 5.60 Å². The lowest BCUT2D eigenvalue weighted by Gasteiger charge is -2.32. The van der Waals surface area contributed by atoms with Crippen LogP contribution in [0.1, 0.15) is 131 Å². The van der Waals surface area contributed by atoms with E-state index < -0.39 is 53.3 Å². The molecule has 3 saturated carbocycles. The van der Waals surface area contributed by atoms with Gasteiger partial charge in [0.05, 0.1) is 51.1 Å². The highest BCUT2D eigenvalue weighted by Gasteiger charge is 2.66. The number of amides is 6. The minimum absolute atomic E-state index is 0.000165. The zero-order valence-electron chi connectivity index (χ0n) is 45.5. The monoisotopic (exact) mass is 1120 g/mol.